The van der Waals surface area contributed by atoms with Gasteiger partial charge in [-0.15, -0.1) is 0 Å². The van der Waals surface area contributed by atoms with E-state index in [1.165, 1.54) is 11.8 Å². The van der Waals surface area contributed by atoms with E-state index >= 15 is 0 Å². The fourth-order valence-electron chi connectivity index (χ4n) is 4.65. The molecule has 3 aromatic rings. The van der Waals surface area contributed by atoms with Gasteiger partial charge in [-0.2, -0.15) is 0 Å². The van der Waals surface area contributed by atoms with Crippen molar-refractivity contribution in [1.82, 2.24) is 9.88 Å². The predicted molar refractivity (Wildman–Crippen MR) is 152 cm³/mol. The van der Waals surface area contributed by atoms with Gasteiger partial charge in [0.25, 0.3) is 0 Å². The van der Waals surface area contributed by atoms with Gasteiger partial charge in [-0.3, -0.25) is 0 Å². The minimum Gasteiger partial charge on any atom is -0.462 e. The van der Waals surface area contributed by atoms with Crippen LogP contribution < -0.4 is 4.74 Å². The molecule has 0 saturated carbocycles. The number of benzene rings is 2. The SMILES string of the molecule is CCOC(=O)c1cccc(Oc2ccc3c(c2)C[C@@H](N(C[C@H](O)c2ccc(Cl)nc2)C(=O)OC(C)(C)C)CC3)c1. The van der Waals surface area contributed by atoms with Gasteiger partial charge in [0.1, 0.15) is 22.3 Å². The maximum Gasteiger partial charge on any atom is 0.410 e. The third-order valence-electron chi connectivity index (χ3n) is 6.53. The number of aromatic nitrogens is 1. The number of halogens is 1. The van der Waals surface area contributed by atoms with Crippen LogP contribution in [-0.4, -0.2) is 51.8 Å². The molecule has 0 bridgehead atoms. The van der Waals surface area contributed by atoms with Gasteiger partial charge in [0.15, 0.2) is 0 Å². The van der Waals surface area contributed by atoms with Crippen molar-refractivity contribution in [1.29, 1.82) is 0 Å². The molecule has 8 nitrogen and oxygen atoms in total. The van der Waals surface area contributed by atoms with Gasteiger partial charge >= 0.3 is 12.1 Å². The van der Waals surface area contributed by atoms with E-state index in [0.717, 1.165) is 18.4 Å². The first-order valence-electron chi connectivity index (χ1n) is 13.4. The van der Waals surface area contributed by atoms with E-state index < -0.39 is 23.8 Å². The number of amides is 1. The number of carbonyl (C=O) groups excluding carboxylic acids is 2. The minimum atomic E-state index is -0.958. The summed E-state index contributed by atoms with van der Waals surface area (Å²) in [6.07, 6.45) is 2.12. The van der Waals surface area contributed by atoms with Gasteiger partial charge in [0, 0.05) is 17.8 Å². The molecule has 212 valence electrons. The summed E-state index contributed by atoms with van der Waals surface area (Å²) in [5.41, 5.74) is 2.52. The van der Waals surface area contributed by atoms with Crippen molar-refractivity contribution in [2.24, 2.45) is 0 Å². The van der Waals surface area contributed by atoms with Crippen LogP contribution in [0.15, 0.2) is 60.8 Å². The Morgan fingerprint density at radius 1 is 1.10 bits per heavy atom. The van der Waals surface area contributed by atoms with E-state index in [0.29, 0.717) is 40.8 Å². The van der Waals surface area contributed by atoms with Crippen LogP contribution >= 0.6 is 11.6 Å². The molecule has 1 aliphatic carbocycles. The molecule has 1 aromatic heterocycles. The van der Waals surface area contributed by atoms with E-state index in [9.17, 15) is 14.7 Å². The van der Waals surface area contributed by atoms with Gasteiger partial charge in [-0.05, 0) is 94.5 Å². The van der Waals surface area contributed by atoms with E-state index in [4.69, 9.17) is 25.8 Å². The minimum absolute atomic E-state index is 0.0507. The highest BCUT2D eigenvalue weighted by Crippen LogP contribution is 2.32. The number of fused-ring (bicyclic) bond motifs is 1. The molecule has 9 heteroatoms. The first kappa shape index (κ1) is 29.4. The van der Waals surface area contributed by atoms with E-state index in [2.05, 4.69) is 4.98 Å². The highest BCUT2D eigenvalue weighted by molar-refractivity contribution is 6.29. The van der Waals surface area contributed by atoms with E-state index in [1.54, 1.807) is 48.2 Å². The van der Waals surface area contributed by atoms with Crippen molar-refractivity contribution in [3.63, 3.8) is 0 Å². The zero-order valence-electron chi connectivity index (χ0n) is 23.2. The molecule has 0 saturated heterocycles. The second-order valence-corrected chi connectivity index (χ2v) is 11.1. The molecule has 1 heterocycles. The highest BCUT2D eigenvalue weighted by Gasteiger charge is 2.33. The molecule has 0 unspecified atom stereocenters. The molecule has 4 rings (SSSR count). The Morgan fingerprint density at radius 3 is 2.58 bits per heavy atom. The molecule has 1 N–H and O–H groups in total. The first-order chi connectivity index (χ1) is 19.0. The maximum absolute atomic E-state index is 13.3. The fraction of sp³-hybridized carbons (Fsp3) is 0.387. The van der Waals surface area contributed by atoms with E-state index in [1.807, 2.05) is 39.0 Å². The van der Waals surface area contributed by atoms with Crippen LogP contribution in [0.4, 0.5) is 4.79 Å². The largest absolute Gasteiger partial charge is 0.462 e. The monoisotopic (exact) mass is 566 g/mol. The Bertz CT molecular complexity index is 1340. The number of esters is 1. The Kier molecular flexibility index (Phi) is 9.32. The number of nitrogens with zero attached hydrogens (tertiary/aromatic N) is 2. The zero-order valence-corrected chi connectivity index (χ0v) is 24.0. The highest BCUT2D eigenvalue weighted by atomic mass is 35.5. The first-order valence-corrected chi connectivity index (χ1v) is 13.8. The summed E-state index contributed by atoms with van der Waals surface area (Å²) in [6, 6.07) is 15.9. The summed E-state index contributed by atoms with van der Waals surface area (Å²) in [5.74, 6) is 0.740. The quantitative estimate of drug-likeness (QED) is 0.244. The molecule has 1 amide bonds. The van der Waals surface area contributed by atoms with Gasteiger partial charge in [0.2, 0.25) is 0 Å². The van der Waals surface area contributed by atoms with E-state index in [-0.39, 0.29) is 12.6 Å². The van der Waals surface area contributed by atoms with Crippen LogP contribution in [0.25, 0.3) is 0 Å². The average molecular weight is 567 g/mol. The van der Waals surface area contributed by atoms with Crippen molar-refractivity contribution in [2.45, 2.75) is 64.7 Å². The topological polar surface area (TPSA) is 98.2 Å². The van der Waals surface area contributed by atoms with Gasteiger partial charge in [-0.25, -0.2) is 14.6 Å². The number of carbonyl (C=O) groups is 2. The standard InChI is InChI=1S/C31H35ClN2O6/c1-5-38-29(36)21-7-6-8-25(16-21)39-26-13-10-20-9-12-24(15-23(20)17-26)34(30(37)40-31(2,3)4)19-27(35)22-11-14-28(32)33-18-22/h6-8,10-11,13-14,16-18,24,27,35H,5,9,12,15,19H2,1-4H3/t24-,27-/m0/s1. The number of aliphatic hydroxyl groups excluding tert-OH is 1. The lowest BCUT2D eigenvalue weighted by Crippen LogP contribution is -2.47. The molecule has 40 heavy (non-hydrogen) atoms. The van der Waals surface area contributed by atoms with Crippen LogP contribution in [0.2, 0.25) is 5.15 Å². The lowest BCUT2D eigenvalue weighted by Gasteiger charge is -2.37. The Hall–Kier alpha value is -3.62. The summed E-state index contributed by atoms with van der Waals surface area (Å²) in [7, 11) is 0. The second-order valence-electron chi connectivity index (χ2n) is 10.7. The van der Waals surface area contributed by atoms with Crippen LogP contribution in [0.1, 0.15) is 67.3 Å². The van der Waals surface area contributed by atoms with Crippen molar-refractivity contribution in [3.05, 3.63) is 88.2 Å². The molecule has 0 radical (unpaired) electrons. The van der Waals surface area contributed by atoms with Gasteiger partial charge in [-0.1, -0.05) is 29.8 Å². The summed E-state index contributed by atoms with van der Waals surface area (Å²) in [4.78, 5) is 31.1. The number of ether oxygens (including phenoxy) is 3. The molecule has 0 aliphatic heterocycles. The fourth-order valence-corrected chi connectivity index (χ4v) is 4.76. The summed E-state index contributed by atoms with van der Waals surface area (Å²) in [5, 5.41) is 11.3. The molecule has 2 atom stereocenters. The Labute approximate surface area is 239 Å². The van der Waals surface area contributed by atoms with Crippen LogP contribution in [0.3, 0.4) is 0 Å². The molecule has 1 aliphatic rings. The van der Waals surface area contributed by atoms with Crippen molar-refractivity contribution < 1.29 is 28.9 Å². The second kappa shape index (κ2) is 12.7. The van der Waals surface area contributed by atoms with Crippen LogP contribution in [-0.2, 0) is 22.3 Å². The van der Waals surface area contributed by atoms with Gasteiger partial charge in [0.05, 0.1) is 24.8 Å². The molecule has 0 fully saturated rings. The lowest BCUT2D eigenvalue weighted by molar-refractivity contribution is 0.00190. The van der Waals surface area contributed by atoms with Crippen molar-refractivity contribution >= 4 is 23.7 Å². The summed E-state index contributed by atoms with van der Waals surface area (Å²) in [6.45, 7) is 7.56. The van der Waals surface area contributed by atoms with Crippen LogP contribution in [0, 0.1) is 0 Å². The number of aryl methyl sites for hydroxylation is 1. The summed E-state index contributed by atoms with van der Waals surface area (Å²) < 4.78 is 16.9. The normalized spacial score (nSPS) is 15.5. The summed E-state index contributed by atoms with van der Waals surface area (Å²) >= 11 is 5.90. The number of hydrogen-bond acceptors (Lipinski definition) is 7. The Balaban J connectivity index is 1.54. The maximum atomic E-state index is 13.3. The molecular formula is C31H35ClN2O6. The molecule has 2 aromatic carbocycles. The smallest absolute Gasteiger partial charge is 0.410 e. The number of aliphatic hydroxyl groups is 1. The van der Waals surface area contributed by atoms with Crippen LogP contribution in [0.5, 0.6) is 11.5 Å². The number of rotatable bonds is 8. The van der Waals surface area contributed by atoms with Gasteiger partial charge < -0.3 is 24.2 Å². The third-order valence-corrected chi connectivity index (χ3v) is 6.76. The zero-order chi connectivity index (χ0) is 28.9. The predicted octanol–water partition coefficient (Wildman–Crippen LogP) is 6.53. The number of pyridine rings is 1. The lowest BCUT2D eigenvalue weighted by atomic mass is 9.87. The van der Waals surface area contributed by atoms with Crippen molar-refractivity contribution in [2.75, 3.05) is 13.2 Å². The molecule has 0 spiro atoms. The molecular weight excluding hydrogens is 532 g/mol. The Morgan fingerprint density at radius 2 is 1.88 bits per heavy atom. The van der Waals surface area contributed by atoms with Crippen molar-refractivity contribution in [3.8, 4) is 11.5 Å². The average Bonchev–Trinajstić information content (AvgIpc) is 2.91. The third kappa shape index (κ3) is 7.73. The number of hydrogen-bond donors (Lipinski definition) is 1.